The Labute approximate surface area is 167 Å². The Kier molecular flexibility index (Phi) is 6.70. The fourth-order valence-corrected chi connectivity index (χ4v) is 4.63. The van der Waals surface area contributed by atoms with Crippen molar-refractivity contribution in [2.24, 2.45) is 0 Å². The van der Waals surface area contributed by atoms with Gasteiger partial charge >= 0.3 is 0 Å². The van der Waals surface area contributed by atoms with Gasteiger partial charge in [0.05, 0.1) is 5.75 Å². The van der Waals surface area contributed by atoms with Gasteiger partial charge in [0.2, 0.25) is 15.9 Å². The van der Waals surface area contributed by atoms with Gasteiger partial charge in [-0.1, -0.05) is 37.3 Å². The number of likely N-dealkylation sites (tertiary alicyclic amines) is 1. The van der Waals surface area contributed by atoms with E-state index in [4.69, 9.17) is 0 Å². The number of rotatable bonds is 8. The Morgan fingerprint density at radius 3 is 2.21 bits per heavy atom. The Hall–Kier alpha value is -2.38. The summed E-state index contributed by atoms with van der Waals surface area (Å²) < 4.78 is 26.3. The molecule has 0 spiro atoms. The Morgan fingerprint density at radius 2 is 1.61 bits per heavy atom. The molecule has 1 fully saturated rings. The van der Waals surface area contributed by atoms with Crippen molar-refractivity contribution in [2.75, 3.05) is 28.9 Å². The van der Waals surface area contributed by atoms with Crippen LogP contribution in [0.4, 0.5) is 11.4 Å². The zero-order valence-corrected chi connectivity index (χ0v) is 16.9. The van der Waals surface area contributed by atoms with Crippen LogP contribution >= 0.6 is 0 Å². The van der Waals surface area contributed by atoms with Crippen molar-refractivity contribution in [3.8, 4) is 0 Å². The van der Waals surface area contributed by atoms with Gasteiger partial charge in [0.25, 0.3) is 0 Å². The van der Waals surface area contributed by atoms with E-state index in [1.54, 1.807) is 24.3 Å². The molecule has 0 saturated carbocycles. The minimum absolute atomic E-state index is 0.0765. The zero-order valence-electron chi connectivity index (χ0n) is 16.1. The fraction of sp³-hybridized carbons (Fsp3) is 0.381. The maximum Gasteiger partial charge on any atom is 0.246 e. The summed E-state index contributed by atoms with van der Waals surface area (Å²) in [5.41, 5.74) is 2.11. The van der Waals surface area contributed by atoms with Crippen molar-refractivity contribution in [1.82, 2.24) is 4.90 Å². The standard InChI is InChI=1S/C21H27N3O3S/c1-2-16-28(26,27)23-19-12-10-18(11-13-19)22-21(25)20(24-14-6-7-15-24)17-8-4-3-5-9-17/h3-5,8-13,20,23H,2,6-7,14-16H2,1H3,(H,22,25). The molecule has 1 saturated heterocycles. The smallest absolute Gasteiger partial charge is 0.246 e. The van der Waals surface area contributed by atoms with E-state index in [9.17, 15) is 13.2 Å². The third-order valence-electron chi connectivity index (χ3n) is 4.77. The van der Waals surface area contributed by atoms with Crippen LogP contribution in [-0.2, 0) is 14.8 Å². The SMILES string of the molecule is CCCS(=O)(=O)Nc1ccc(NC(=O)C(c2ccccc2)N2CCCC2)cc1. The summed E-state index contributed by atoms with van der Waals surface area (Å²) in [6.07, 6.45) is 2.76. The van der Waals surface area contributed by atoms with Gasteiger partial charge < -0.3 is 5.32 Å². The highest BCUT2D eigenvalue weighted by molar-refractivity contribution is 7.92. The molecule has 6 nitrogen and oxygen atoms in total. The predicted octanol–water partition coefficient (Wildman–Crippen LogP) is 3.61. The van der Waals surface area contributed by atoms with Crippen molar-refractivity contribution in [3.05, 3.63) is 60.2 Å². The molecule has 2 aromatic carbocycles. The van der Waals surface area contributed by atoms with E-state index in [-0.39, 0.29) is 17.7 Å². The quantitative estimate of drug-likeness (QED) is 0.708. The average molecular weight is 402 g/mol. The molecule has 0 radical (unpaired) electrons. The highest BCUT2D eigenvalue weighted by Gasteiger charge is 2.29. The van der Waals surface area contributed by atoms with Gasteiger partial charge in [-0.15, -0.1) is 0 Å². The Morgan fingerprint density at radius 1 is 1.00 bits per heavy atom. The van der Waals surface area contributed by atoms with Gasteiger partial charge in [0.15, 0.2) is 0 Å². The van der Waals surface area contributed by atoms with Crippen LogP contribution in [0.15, 0.2) is 54.6 Å². The number of hydrogen-bond acceptors (Lipinski definition) is 4. The first kappa shape index (κ1) is 20.4. The average Bonchev–Trinajstić information content (AvgIpc) is 3.18. The second-order valence-corrected chi connectivity index (χ2v) is 8.89. The minimum atomic E-state index is -3.33. The zero-order chi connectivity index (χ0) is 20.0. The lowest BCUT2D eigenvalue weighted by Crippen LogP contribution is -2.35. The molecule has 2 N–H and O–H groups in total. The lowest BCUT2D eigenvalue weighted by atomic mass is 10.0. The number of sulfonamides is 1. The van der Waals surface area contributed by atoms with Gasteiger partial charge in [-0.2, -0.15) is 0 Å². The van der Waals surface area contributed by atoms with Crippen LogP contribution < -0.4 is 10.0 Å². The lowest BCUT2D eigenvalue weighted by molar-refractivity contribution is -0.121. The molecular weight excluding hydrogens is 374 g/mol. The van der Waals surface area contributed by atoms with Gasteiger partial charge in [-0.3, -0.25) is 14.4 Å². The van der Waals surface area contributed by atoms with Crippen molar-refractivity contribution >= 4 is 27.3 Å². The highest BCUT2D eigenvalue weighted by atomic mass is 32.2. The maximum absolute atomic E-state index is 13.0. The first-order valence-electron chi connectivity index (χ1n) is 9.69. The second kappa shape index (κ2) is 9.21. The number of nitrogens with one attached hydrogen (secondary N) is 2. The van der Waals surface area contributed by atoms with Crippen LogP contribution in [-0.4, -0.2) is 38.1 Å². The second-order valence-electron chi connectivity index (χ2n) is 7.04. The van der Waals surface area contributed by atoms with E-state index in [0.717, 1.165) is 31.5 Å². The number of carbonyl (C=O) groups is 1. The first-order valence-corrected chi connectivity index (χ1v) is 11.3. The number of anilines is 2. The molecule has 1 atom stereocenters. The number of nitrogens with zero attached hydrogens (tertiary/aromatic N) is 1. The van der Waals surface area contributed by atoms with Crippen molar-refractivity contribution < 1.29 is 13.2 Å². The molecule has 0 bridgehead atoms. The van der Waals surface area contributed by atoms with Gasteiger partial charge in [0, 0.05) is 11.4 Å². The van der Waals surface area contributed by atoms with E-state index in [1.807, 2.05) is 37.3 Å². The molecule has 150 valence electrons. The predicted molar refractivity (Wildman–Crippen MR) is 113 cm³/mol. The van der Waals surface area contributed by atoms with Crippen LogP contribution in [0.2, 0.25) is 0 Å². The number of carbonyl (C=O) groups excluding carboxylic acids is 1. The minimum Gasteiger partial charge on any atom is -0.324 e. The van der Waals surface area contributed by atoms with Crippen LogP contribution in [0, 0.1) is 0 Å². The monoisotopic (exact) mass is 401 g/mol. The maximum atomic E-state index is 13.0. The Bertz CT molecular complexity index is 877. The van der Waals surface area contributed by atoms with E-state index < -0.39 is 10.0 Å². The summed E-state index contributed by atoms with van der Waals surface area (Å²) in [5.74, 6) is 0.00694. The van der Waals surface area contributed by atoms with E-state index in [0.29, 0.717) is 17.8 Å². The van der Waals surface area contributed by atoms with Crippen LogP contribution in [0.25, 0.3) is 0 Å². The molecule has 1 aliphatic rings. The largest absolute Gasteiger partial charge is 0.324 e. The van der Waals surface area contributed by atoms with Gasteiger partial charge in [-0.25, -0.2) is 8.42 Å². The summed E-state index contributed by atoms with van der Waals surface area (Å²) >= 11 is 0. The molecule has 28 heavy (non-hydrogen) atoms. The molecule has 1 unspecified atom stereocenters. The summed E-state index contributed by atoms with van der Waals surface area (Å²) in [7, 11) is -3.33. The fourth-order valence-electron chi connectivity index (χ4n) is 3.49. The van der Waals surface area contributed by atoms with Crippen LogP contribution in [0.1, 0.15) is 37.8 Å². The summed E-state index contributed by atoms with van der Waals surface area (Å²) in [6.45, 7) is 3.64. The van der Waals surface area contributed by atoms with E-state index in [1.165, 1.54) is 0 Å². The molecule has 0 aliphatic carbocycles. The number of hydrogen-bond donors (Lipinski definition) is 2. The van der Waals surface area contributed by atoms with Crippen LogP contribution in [0.3, 0.4) is 0 Å². The van der Waals surface area contributed by atoms with Gasteiger partial charge in [0.1, 0.15) is 6.04 Å². The molecule has 0 aromatic heterocycles. The van der Waals surface area contributed by atoms with Gasteiger partial charge in [-0.05, 0) is 62.2 Å². The normalized spacial score (nSPS) is 15.9. The Balaban J connectivity index is 1.71. The molecular formula is C21H27N3O3S. The van der Waals surface area contributed by atoms with Crippen LogP contribution in [0.5, 0.6) is 0 Å². The lowest BCUT2D eigenvalue weighted by Gasteiger charge is -2.27. The molecule has 7 heteroatoms. The number of amides is 1. The van der Waals surface area contributed by atoms with E-state index >= 15 is 0 Å². The van der Waals surface area contributed by atoms with E-state index in [2.05, 4.69) is 14.9 Å². The topological polar surface area (TPSA) is 78.5 Å². The van der Waals surface area contributed by atoms with Crippen molar-refractivity contribution in [1.29, 1.82) is 0 Å². The summed E-state index contributed by atoms with van der Waals surface area (Å²) in [4.78, 5) is 15.2. The number of benzene rings is 2. The van der Waals surface area contributed by atoms with Crippen molar-refractivity contribution in [2.45, 2.75) is 32.2 Å². The molecule has 1 heterocycles. The molecule has 1 amide bonds. The summed E-state index contributed by atoms with van der Waals surface area (Å²) in [6, 6.07) is 16.2. The third-order valence-corrected chi connectivity index (χ3v) is 6.26. The summed E-state index contributed by atoms with van der Waals surface area (Å²) in [5, 5.41) is 2.97. The molecule has 1 aliphatic heterocycles. The highest BCUT2D eigenvalue weighted by Crippen LogP contribution is 2.27. The molecule has 3 rings (SSSR count). The third kappa shape index (κ3) is 5.33. The van der Waals surface area contributed by atoms with Crippen molar-refractivity contribution in [3.63, 3.8) is 0 Å². The first-order chi connectivity index (χ1) is 13.5. The molecule has 2 aromatic rings.